The fourth-order valence-electron chi connectivity index (χ4n) is 4.28. The summed E-state index contributed by atoms with van der Waals surface area (Å²) in [4.78, 5) is 6.89. The standard InChI is InChI=1S/C25H39N5O2.HI/c1-5-21(6-2)24-15-23(32-29-24)17-28-25(26-3)27-16-19-11-13-30(14-12-19)18-20-7-9-22(31-4)10-8-20;/h7-10,15,19,21H,5-6,11-14,16-18H2,1-4H3,(H2,26,27,28);1H. The number of ether oxygens (including phenoxy) is 1. The highest BCUT2D eigenvalue weighted by atomic mass is 127. The molecule has 0 radical (unpaired) electrons. The molecule has 0 unspecified atom stereocenters. The molecule has 0 atom stereocenters. The third kappa shape index (κ3) is 8.48. The monoisotopic (exact) mass is 569 g/mol. The van der Waals surface area contributed by atoms with Gasteiger partial charge in [0.25, 0.3) is 0 Å². The van der Waals surface area contributed by atoms with Crippen molar-refractivity contribution in [1.29, 1.82) is 0 Å². The molecule has 0 aliphatic carbocycles. The van der Waals surface area contributed by atoms with E-state index in [4.69, 9.17) is 9.26 Å². The number of hydrogen-bond acceptors (Lipinski definition) is 5. The molecule has 1 fully saturated rings. The molecule has 0 saturated carbocycles. The highest BCUT2D eigenvalue weighted by molar-refractivity contribution is 14.0. The molecule has 2 aromatic rings. The van der Waals surface area contributed by atoms with Crippen molar-refractivity contribution >= 4 is 29.9 Å². The maximum absolute atomic E-state index is 5.50. The van der Waals surface area contributed by atoms with Crippen LogP contribution < -0.4 is 15.4 Å². The van der Waals surface area contributed by atoms with Crippen LogP contribution in [0.3, 0.4) is 0 Å². The normalized spacial score (nSPS) is 15.4. The molecular formula is C25H40IN5O2. The van der Waals surface area contributed by atoms with E-state index in [1.165, 1.54) is 18.4 Å². The van der Waals surface area contributed by atoms with Gasteiger partial charge in [-0.1, -0.05) is 31.1 Å². The van der Waals surface area contributed by atoms with Gasteiger partial charge in [-0.3, -0.25) is 9.89 Å². The molecule has 2 N–H and O–H groups in total. The lowest BCUT2D eigenvalue weighted by molar-refractivity contribution is 0.178. The number of methoxy groups -OCH3 is 1. The van der Waals surface area contributed by atoms with Crippen LogP contribution in [0.1, 0.15) is 62.5 Å². The zero-order chi connectivity index (χ0) is 22.8. The number of aromatic nitrogens is 1. The van der Waals surface area contributed by atoms with Crippen LogP contribution in [0, 0.1) is 5.92 Å². The number of halogens is 1. The smallest absolute Gasteiger partial charge is 0.191 e. The summed E-state index contributed by atoms with van der Waals surface area (Å²) in [5.74, 6) is 3.70. The van der Waals surface area contributed by atoms with Gasteiger partial charge in [-0.15, -0.1) is 24.0 Å². The number of likely N-dealkylation sites (tertiary alicyclic amines) is 1. The highest BCUT2D eigenvalue weighted by Crippen LogP contribution is 2.22. The van der Waals surface area contributed by atoms with Crippen molar-refractivity contribution in [2.75, 3.05) is 33.8 Å². The molecule has 1 aromatic heterocycles. The van der Waals surface area contributed by atoms with Crippen LogP contribution in [-0.4, -0.2) is 49.8 Å². The first kappa shape index (κ1) is 27.4. The van der Waals surface area contributed by atoms with E-state index in [1.54, 1.807) is 7.11 Å². The van der Waals surface area contributed by atoms with Gasteiger partial charge in [0.2, 0.25) is 0 Å². The van der Waals surface area contributed by atoms with Crippen molar-refractivity contribution in [2.24, 2.45) is 10.9 Å². The Morgan fingerprint density at radius 1 is 1.18 bits per heavy atom. The van der Waals surface area contributed by atoms with Gasteiger partial charge in [-0.25, -0.2) is 0 Å². The van der Waals surface area contributed by atoms with Crippen molar-refractivity contribution in [3.63, 3.8) is 0 Å². The number of rotatable bonds is 10. The Bertz CT molecular complexity index is 828. The van der Waals surface area contributed by atoms with Gasteiger partial charge in [0.1, 0.15) is 5.75 Å². The molecule has 1 saturated heterocycles. The van der Waals surface area contributed by atoms with Crippen LogP contribution in [0.2, 0.25) is 0 Å². The maximum Gasteiger partial charge on any atom is 0.191 e. The van der Waals surface area contributed by atoms with E-state index in [-0.39, 0.29) is 24.0 Å². The number of guanidine groups is 1. The number of aliphatic imine (C=N–C) groups is 1. The van der Waals surface area contributed by atoms with Gasteiger partial charge in [-0.2, -0.15) is 0 Å². The molecule has 184 valence electrons. The van der Waals surface area contributed by atoms with E-state index in [0.717, 1.165) is 62.2 Å². The second-order valence-electron chi connectivity index (χ2n) is 8.61. The van der Waals surface area contributed by atoms with Crippen LogP contribution in [0.5, 0.6) is 5.75 Å². The Labute approximate surface area is 215 Å². The summed E-state index contributed by atoms with van der Waals surface area (Å²) in [6.45, 7) is 9.16. The molecule has 33 heavy (non-hydrogen) atoms. The predicted molar refractivity (Wildman–Crippen MR) is 144 cm³/mol. The van der Waals surface area contributed by atoms with Gasteiger partial charge in [-0.05, 0) is 62.4 Å². The first-order valence-corrected chi connectivity index (χ1v) is 11.9. The second-order valence-corrected chi connectivity index (χ2v) is 8.61. The molecule has 2 heterocycles. The summed E-state index contributed by atoms with van der Waals surface area (Å²) in [6.07, 6.45) is 4.55. The molecule has 8 heteroatoms. The lowest BCUT2D eigenvalue weighted by atomic mass is 9.96. The third-order valence-electron chi connectivity index (χ3n) is 6.47. The van der Waals surface area contributed by atoms with Crippen molar-refractivity contribution < 1.29 is 9.26 Å². The third-order valence-corrected chi connectivity index (χ3v) is 6.47. The molecular weight excluding hydrogens is 529 g/mol. The van der Waals surface area contributed by atoms with E-state index in [9.17, 15) is 0 Å². The van der Waals surface area contributed by atoms with Crippen LogP contribution in [0.15, 0.2) is 39.8 Å². The number of nitrogens with one attached hydrogen (secondary N) is 2. The van der Waals surface area contributed by atoms with E-state index in [0.29, 0.717) is 18.4 Å². The largest absolute Gasteiger partial charge is 0.497 e. The van der Waals surface area contributed by atoms with Gasteiger partial charge < -0.3 is 19.9 Å². The summed E-state index contributed by atoms with van der Waals surface area (Å²) < 4.78 is 10.8. The maximum atomic E-state index is 5.50. The molecule has 0 bridgehead atoms. The number of piperidine rings is 1. The molecule has 1 aromatic carbocycles. The molecule has 0 spiro atoms. The minimum atomic E-state index is 0. The van der Waals surface area contributed by atoms with Crippen molar-refractivity contribution in [3.8, 4) is 5.75 Å². The summed E-state index contributed by atoms with van der Waals surface area (Å²) in [7, 11) is 3.51. The minimum absolute atomic E-state index is 0. The summed E-state index contributed by atoms with van der Waals surface area (Å²) in [5, 5.41) is 11.1. The topological polar surface area (TPSA) is 74.9 Å². The van der Waals surface area contributed by atoms with E-state index in [1.807, 2.05) is 19.2 Å². The fourth-order valence-corrected chi connectivity index (χ4v) is 4.28. The van der Waals surface area contributed by atoms with E-state index in [2.05, 4.69) is 57.7 Å². The number of benzene rings is 1. The highest BCUT2D eigenvalue weighted by Gasteiger charge is 2.20. The summed E-state index contributed by atoms with van der Waals surface area (Å²) in [5.41, 5.74) is 2.39. The van der Waals surface area contributed by atoms with Gasteiger partial charge in [0, 0.05) is 32.1 Å². The zero-order valence-electron chi connectivity index (χ0n) is 20.5. The SMILES string of the molecule is CCC(CC)c1cc(CNC(=NC)NCC2CCN(Cc3ccc(OC)cc3)CC2)on1.I. The minimum Gasteiger partial charge on any atom is -0.497 e. The Morgan fingerprint density at radius 2 is 1.88 bits per heavy atom. The fraction of sp³-hybridized carbons (Fsp3) is 0.600. The van der Waals surface area contributed by atoms with Crippen LogP contribution in [0.25, 0.3) is 0 Å². The van der Waals surface area contributed by atoms with Gasteiger partial charge in [0.05, 0.1) is 19.3 Å². The Kier molecular flexibility index (Phi) is 12.0. The zero-order valence-corrected chi connectivity index (χ0v) is 22.8. The summed E-state index contributed by atoms with van der Waals surface area (Å²) >= 11 is 0. The van der Waals surface area contributed by atoms with Crippen molar-refractivity contribution in [1.82, 2.24) is 20.7 Å². The van der Waals surface area contributed by atoms with Crippen molar-refractivity contribution in [3.05, 3.63) is 47.3 Å². The lowest BCUT2D eigenvalue weighted by Crippen LogP contribution is -2.42. The Balaban J connectivity index is 0.00000385. The lowest BCUT2D eigenvalue weighted by Gasteiger charge is -2.32. The summed E-state index contributed by atoms with van der Waals surface area (Å²) in [6, 6.07) is 10.5. The van der Waals surface area contributed by atoms with E-state index >= 15 is 0 Å². The van der Waals surface area contributed by atoms with Gasteiger partial charge >= 0.3 is 0 Å². The van der Waals surface area contributed by atoms with Gasteiger partial charge in [0.15, 0.2) is 11.7 Å². The van der Waals surface area contributed by atoms with Crippen LogP contribution >= 0.6 is 24.0 Å². The second kappa shape index (κ2) is 14.5. The average Bonchev–Trinajstić information content (AvgIpc) is 3.30. The number of hydrogen-bond donors (Lipinski definition) is 2. The first-order valence-electron chi connectivity index (χ1n) is 11.9. The molecule has 1 aliphatic heterocycles. The predicted octanol–water partition coefficient (Wildman–Crippen LogP) is 4.78. The molecule has 3 rings (SSSR count). The van der Waals surface area contributed by atoms with E-state index < -0.39 is 0 Å². The molecule has 0 amide bonds. The van der Waals surface area contributed by atoms with Crippen LogP contribution in [0.4, 0.5) is 0 Å². The van der Waals surface area contributed by atoms with Crippen LogP contribution in [-0.2, 0) is 13.1 Å². The Morgan fingerprint density at radius 3 is 2.48 bits per heavy atom. The quantitative estimate of drug-likeness (QED) is 0.244. The van der Waals surface area contributed by atoms with Crippen molar-refractivity contribution in [2.45, 2.75) is 58.5 Å². The number of nitrogens with zero attached hydrogens (tertiary/aromatic N) is 3. The molecule has 1 aliphatic rings. The Hall–Kier alpha value is -1.81. The first-order chi connectivity index (χ1) is 15.6. The molecule has 7 nitrogen and oxygen atoms in total. The average molecular weight is 570 g/mol.